The van der Waals surface area contributed by atoms with Crippen molar-refractivity contribution in [3.05, 3.63) is 57.4 Å². The molecule has 0 aliphatic rings. The van der Waals surface area contributed by atoms with Crippen LogP contribution in [0.15, 0.2) is 47.4 Å². The van der Waals surface area contributed by atoms with Crippen molar-refractivity contribution in [3.8, 4) is 0 Å². The third-order valence-corrected chi connectivity index (χ3v) is 4.75. The van der Waals surface area contributed by atoms with Gasteiger partial charge in [-0.05, 0) is 64.6 Å². The predicted molar refractivity (Wildman–Crippen MR) is 84.3 cm³/mol. The highest BCUT2D eigenvalue weighted by Gasteiger charge is 2.19. The van der Waals surface area contributed by atoms with E-state index in [1.165, 1.54) is 12.1 Å². The third kappa shape index (κ3) is 3.47. The highest BCUT2D eigenvalue weighted by molar-refractivity contribution is 14.1. The number of nitrogens with two attached hydrogens (primary N) is 1. The van der Waals surface area contributed by atoms with Gasteiger partial charge in [-0.2, -0.15) is 0 Å². The molecule has 0 saturated carbocycles. The molecule has 0 aliphatic heterocycles. The standard InChI is InChI=1S/C13H12FIN2O2S/c14-12-7-9(8-16)1-6-13(12)20(18,19)17-11-4-2-10(15)3-5-11/h1-7,17H,8,16H2. The van der Waals surface area contributed by atoms with Gasteiger partial charge in [0, 0.05) is 15.8 Å². The van der Waals surface area contributed by atoms with E-state index in [-0.39, 0.29) is 6.54 Å². The minimum absolute atomic E-state index is 0.155. The van der Waals surface area contributed by atoms with Crippen LogP contribution in [0.2, 0.25) is 0 Å². The minimum atomic E-state index is -3.95. The molecule has 0 saturated heterocycles. The number of rotatable bonds is 4. The van der Waals surface area contributed by atoms with E-state index in [0.717, 1.165) is 9.64 Å². The van der Waals surface area contributed by atoms with E-state index in [0.29, 0.717) is 11.3 Å². The maximum Gasteiger partial charge on any atom is 0.264 e. The first-order valence-electron chi connectivity index (χ1n) is 5.69. The van der Waals surface area contributed by atoms with Crippen molar-refractivity contribution < 1.29 is 12.8 Å². The van der Waals surface area contributed by atoms with Gasteiger partial charge in [-0.25, -0.2) is 12.8 Å². The third-order valence-electron chi connectivity index (χ3n) is 2.62. The first-order chi connectivity index (χ1) is 9.42. The Bertz CT molecular complexity index is 718. The number of halogens is 2. The molecule has 0 radical (unpaired) electrons. The normalized spacial score (nSPS) is 11.3. The lowest BCUT2D eigenvalue weighted by molar-refractivity contribution is 0.569. The van der Waals surface area contributed by atoms with E-state index in [9.17, 15) is 12.8 Å². The molecule has 2 rings (SSSR count). The summed E-state index contributed by atoms with van der Waals surface area (Å²) in [5, 5.41) is 0. The number of anilines is 1. The molecule has 0 fully saturated rings. The van der Waals surface area contributed by atoms with Crippen molar-refractivity contribution in [2.75, 3.05) is 4.72 Å². The maximum atomic E-state index is 13.8. The summed E-state index contributed by atoms with van der Waals surface area (Å²) in [6.45, 7) is 0.155. The molecule has 0 heterocycles. The van der Waals surface area contributed by atoms with Gasteiger partial charge in [-0.3, -0.25) is 4.72 Å². The van der Waals surface area contributed by atoms with Gasteiger partial charge in [-0.1, -0.05) is 6.07 Å². The molecule has 3 N–H and O–H groups in total. The minimum Gasteiger partial charge on any atom is -0.326 e. The molecule has 20 heavy (non-hydrogen) atoms. The van der Waals surface area contributed by atoms with E-state index >= 15 is 0 Å². The summed E-state index contributed by atoms with van der Waals surface area (Å²) in [7, 11) is -3.95. The molecule has 2 aromatic rings. The summed E-state index contributed by atoms with van der Waals surface area (Å²) >= 11 is 2.11. The van der Waals surface area contributed by atoms with Gasteiger partial charge in [0.25, 0.3) is 10.0 Å². The lowest BCUT2D eigenvalue weighted by Gasteiger charge is -2.09. The van der Waals surface area contributed by atoms with E-state index in [1.807, 2.05) is 0 Å². The van der Waals surface area contributed by atoms with Crippen molar-refractivity contribution >= 4 is 38.3 Å². The Kier molecular flexibility index (Phi) is 4.61. The van der Waals surface area contributed by atoms with Gasteiger partial charge < -0.3 is 5.73 Å². The van der Waals surface area contributed by atoms with Crippen molar-refractivity contribution in [2.45, 2.75) is 11.4 Å². The average molecular weight is 406 g/mol. The second-order valence-electron chi connectivity index (χ2n) is 4.08. The van der Waals surface area contributed by atoms with Crippen molar-refractivity contribution in [3.63, 3.8) is 0 Å². The van der Waals surface area contributed by atoms with Gasteiger partial charge in [-0.15, -0.1) is 0 Å². The number of benzene rings is 2. The predicted octanol–water partition coefficient (Wildman–Crippen LogP) is 2.69. The van der Waals surface area contributed by atoms with E-state index in [2.05, 4.69) is 27.3 Å². The SMILES string of the molecule is NCc1ccc(S(=O)(=O)Nc2ccc(I)cc2)c(F)c1. The molecule has 0 spiro atoms. The van der Waals surface area contributed by atoms with Gasteiger partial charge in [0.15, 0.2) is 0 Å². The Hall–Kier alpha value is -1.19. The summed E-state index contributed by atoms with van der Waals surface area (Å²) in [6.07, 6.45) is 0. The summed E-state index contributed by atoms with van der Waals surface area (Å²) in [5.41, 5.74) is 6.30. The molecule has 106 valence electrons. The highest BCUT2D eigenvalue weighted by Crippen LogP contribution is 2.20. The second kappa shape index (κ2) is 6.06. The average Bonchev–Trinajstić information content (AvgIpc) is 2.40. The van der Waals surface area contributed by atoms with Crippen LogP contribution in [0.25, 0.3) is 0 Å². The lowest BCUT2D eigenvalue weighted by Crippen LogP contribution is -2.15. The molecule has 7 heteroatoms. The number of sulfonamides is 1. The van der Waals surface area contributed by atoms with Gasteiger partial charge in [0.2, 0.25) is 0 Å². The number of hydrogen-bond acceptors (Lipinski definition) is 3. The fourth-order valence-electron chi connectivity index (χ4n) is 1.62. The molecular weight excluding hydrogens is 394 g/mol. The Morgan fingerprint density at radius 2 is 1.80 bits per heavy atom. The van der Waals surface area contributed by atoms with Crippen LogP contribution in [0, 0.1) is 9.39 Å². The smallest absolute Gasteiger partial charge is 0.264 e. The van der Waals surface area contributed by atoms with Crippen molar-refractivity contribution in [1.29, 1.82) is 0 Å². The molecular formula is C13H12FIN2O2S. The second-order valence-corrected chi connectivity index (χ2v) is 6.98. The zero-order chi connectivity index (χ0) is 14.8. The van der Waals surface area contributed by atoms with Crippen LogP contribution in [-0.4, -0.2) is 8.42 Å². The monoisotopic (exact) mass is 406 g/mol. The molecule has 4 nitrogen and oxygen atoms in total. The molecule has 0 aliphatic carbocycles. The van der Waals surface area contributed by atoms with Crippen molar-refractivity contribution in [1.82, 2.24) is 0 Å². The lowest BCUT2D eigenvalue weighted by atomic mass is 10.2. The quantitative estimate of drug-likeness (QED) is 0.768. The molecule has 0 atom stereocenters. The van der Waals surface area contributed by atoms with Crippen LogP contribution in [0.3, 0.4) is 0 Å². The van der Waals surface area contributed by atoms with Crippen LogP contribution < -0.4 is 10.5 Å². The van der Waals surface area contributed by atoms with Crippen LogP contribution in [0.1, 0.15) is 5.56 Å². The topological polar surface area (TPSA) is 72.2 Å². The first kappa shape index (κ1) is 15.2. The summed E-state index contributed by atoms with van der Waals surface area (Å²) < 4.78 is 41.4. The Labute approximate surface area is 130 Å². The zero-order valence-electron chi connectivity index (χ0n) is 10.3. The Morgan fingerprint density at radius 1 is 1.15 bits per heavy atom. The van der Waals surface area contributed by atoms with Gasteiger partial charge >= 0.3 is 0 Å². The Balaban J connectivity index is 2.33. The molecule has 2 aromatic carbocycles. The van der Waals surface area contributed by atoms with E-state index < -0.39 is 20.7 Å². The van der Waals surface area contributed by atoms with Crippen molar-refractivity contribution in [2.24, 2.45) is 5.73 Å². The Morgan fingerprint density at radius 3 is 2.35 bits per heavy atom. The summed E-state index contributed by atoms with van der Waals surface area (Å²) in [5.74, 6) is -0.814. The molecule has 0 aromatic heterocycles. The number of hydrogen-bond donors (Lipinski definition) is 2. The molecule has 0 unspecified atom stereocenters. The van der Waals surface area contributed by atoms with E-state index in [1.54, 1.807) is 24.3 Å². The van der Waals surface area contributed by atoms with Crippen LogP contribution in [-0.2, 0) is 16.6 Å². The van der Waals surface area contributed by atoms with Gasteiger partial charge in [0.05, 0.1) is 0 Å². The van der Waals surface area contributed by atoms with Crippen LogP contribution >= 0.6 is 22.6 Å². The molecule has 0 amide bonds. The molecule has 0 bridgehead atoms. The number of nitrogens with one attached hydrogen (secondary N) is 1. The van der Waals surface area contributed by atoms with E-state index in [4.69, 9.17) is 5.73 Å². The highest BCUT2D eigenvalue weighted by atomic mass is 127. The zero-order valence-corrected chi connectivity index (χ0v) is 13.3. The summed E-state index contributed by atoms with van der Waals surface area (Å²) in [4.78, 5) is -0.395. The fraction of sp³-hybridized carbons (Fsp3) is 0.0769. The largest absolute Gasteiger partial charge is 0.326 e. The van der Waals surface area contributed by atoms with Crippen LogP contribution in [0.5, 0.6) is 0 Å². The summed E-state index contributed by atoms with van der Waals surface area (Å²) in [6, 6.07) is 10.6. The maximum absolute atomic E-state index is 13.8. The van der Waals surface area contributed by atoms with Crippen LogP contribution in [0.4, 0.5) is 10.1 Å². The van der Waals surface area contributed by atoms with Gasteiger partial charge in [0.1, 0.15) is 10.7 Å². The first-order valence-corrected chi connectivity index (χ1v) is 8.25. The fourth-order valence-corrected chi connectivity index (χ4v) is 3.10.